The summed E-state index contributed by atoms with van der Waals surface area (Å²) < 4.78 is 10.6. The van der Waals surface area contributed by atoms with E-state index < -0.39 is 5.54 Å². The van der Waals surface area contributed by atoms with Crippen molar-refractivity contribution in [2.75, 3.05) is 13.2 Å². The summed E-state index contributed by atoms with van der Waals surface area (Å²) in [5, 5.41) is 6.82. The van der Waals surface area contributed by atoms with Gasteiger partial charge < -0.3 is 20.3 Å². The molecule has 0 atom stereocenters. The van der Waals surface area contributed by atoms with Crippen LogP contribution in [0.4, 0.5) is 0 Å². The molecule has 130 valence electrons. The topological polar surface area (TPSA) is 103 Å². The van der Waals surface area contributed by atoms with Crippen LogP contribution in [-0.4, -0.2) is 34.7 Å². The highest BCUT2D eigenvalue weighted by Crippen LogP contribution is 2.20. The second kappa shape index (κ2) is 7.92. The fourth-order valence-corrected chi connectivity index (χ4v) is 2.05. The van der Waals surface area contributed by atoms with E-state index in [1.165, 1.54) is 0 Å². The number of carbonyl (C=O) groups is 1. The molecule has 0 saturated heterocycles. The van der Waals surface area contributed by atoms with Crippen molar-refractivity contribution in [1.29, 1.82) is 0 Å². The molecule has 7 heteroatoms. The van der Waals surface area contributed by atoms with E-state index in [0.717, 1.165) is 11.3 Å². The lowest BCUT2D eigenvalue weighted by Crippen LogP contribution is -2.48. The Bertz CT molecular complexity index is 665. The Kier molecular flexibility index (Phi) is 5.92. The van der Waals surface area contributed by atoms with E-state index in [0.29, 0.717) is 31.3 Å². The molecule has 24 heavy (non-hydrogen) atoms. The number of rotatable bonds is 8. The maximum atomic E-state index is 11.9. The zero-order valence-electron chi connectivity index (χ0n) is 14.3. The van der Waals surface area contributed by atoms with Crippen molar-refractivity contribution in [3.8, 4) is 17.1 Å². The predicted molar refractivity (Wildman–Crippen MR) is 90.5 cm³/mol. The molecule has 0 fully saturated rings. The monoisotopic (exact) mass is 332 g/mol. The summed E-state index contributed by atoms with van der Waals surface area (Å²) >= 11 is 0. The lowest BCUT2D eigenvalue weighted by Gasteiger charge is -2.23. The van der Waals surface area contributed by atoms with Crippen LogP contribution in [0.1, 0.15) is 33.1 Å². The van der Waals surface area contributed by atoms with Crippen LogP contribution < -0.4 is 15.8 Å². The highest BCUT2D eigenvalue weighted by Gasteiger charge is 2.18. The first-order chi connectivity index (χ1) is 11.4. The first-order valence-corrected chi connectivity index (χ1v) is 8.00. The van der Waals surface area contributed by atoms with Crippen LogP contribution >= 0.6 is 0 Å². The lowest BCUT2D eigenvalue weighted by atomic mass is 10.1. The average Bonchev–Trinajstić information content (AvgIpc) is 3.03. The Morgan fingerprint density at radius 3 is 2.67 bits per heavy atom. The van der Waals surface area contributed by atoms with E-state index in [1.54, 1.807) is 0 Å². The van der Waals surface area contributed by atoms with E-state index in [9.17, 15) is 4.79 Å². The van der Waals surface area contributed by atoms with Crippen LogP contribution in [0.2, 0.25) is 0 Å². The maximum Gasteiger partial charge on any atom is 0.227 e. The molecule has 0 aliphatic rings. The fourth-order valence-electron chi connectivity index (χ4n) is 2.05. The van der Waals surface area contributed by atoms with Crippen molar-refractivity contribution in [2.45, 2.75) is 39.2 Å². The first kappa shape index (κ1) is 17.9. The van der Waals surface area contributed by atoms with E-state index in [-0.39, 0.29) is 12.3 Å². The van der Waals surface area contributed by atoms with E-state index in [4.69, 9.17) is 15.0 Å². The Labute approximate surface area is 141 Å². The van der Waals surface area contributed by atoms with Gasteiger partial charge in [-0.2, -0.15) is 4.98 Å². The molecule has 0 bridgehead atoms. The molecule has 1 heterocycles. The molecule has 0 spiro atoms. The van der Waals surface area contributed by atoms with Crippen molar-refractivity contribution < 1.29 is 14.1 Å². The number of hydrogen-bond acceptors (Lipinski definition) is 6. The quantitative estimate of drug-likeness (QED) is 0.765. The highest BCUT2D eigenvalue weighted by atomic mass is 16.5. The third-order valence-corrected chi connectivity index (χ3v) is 3.45. The summed E-state index contributed by atoms with van der Waals surface area (Å²) in [5.41, 5.74) is 6.01. The van der Waals surface area contributed by atoms with Gasteiger partial charge in [-0.1, -0.05) is 5.16 Å². The number of hydrogen-bond donors (Lipinski definition) is 2. The Morgan fingerprint density at radius 1 is 1.33 bits per heavy atom. The van der Waals surface area contributed by atoms with Gasteiger partial charge in [0.1, 0.15) is 5.75 Å². The predicted octanol–water partition coefficient (Wildman–Crippen LogP) is 1.92. The SMILES string of the molecule is CCOc1ccc(-c2noc(CCC(=O)NC(C)(C)CN)n2)cc1. The number of nitrogens with two attached hydrogens (primary N) is 1. The van der Waals surface area contributed by atoms with Crippen LogP contribution in [0.3, 0.4) is 0 Å². The number of aryl methyl sites for hydroxylation is 1. The molecular formula is C17H24N4O3. The van der Waals surface area contributed by atoms with Gasteiger partial charge in [-0.15, -0.1) is 0 Å². The zero-order chi connectivity index (χ0) is 17.6. The lowest BCUT2D eigenvalue weighted by molar-refractivity contribution is -0.122. The molecule has 2 rings (SSSR count). The number of benzene rings is 1. The Balaban J connectivity index is 1.92. The van der Waals surface area contributed by atoms with Crippen molar-refractivity contribution in [3.05, 3.63) is 30.2 Å². The van der Waals surface area contributed by atoms with Gasteiger partial charge >= 0.3 is 0 Å². The normalized spacial score (nSPS) is 11.3. The Hall–Kier alpha value is -2.41. The molecule has 1 aromatic carbocycles. The van der Waals surface area contributed by atoms with Gasteiger partial charge in [0.2, 0.25) is 17.6 Å². The molecule has 0 radical (unpaired) electrons. The van der Waals surface area contributed by atoms with Gasteiger partial charge in [0, 0.05) is 30.5 Å². The second-order valence-corrected chi connectivity index (χ2v) is 6.11. The summed E-state index contributed by atoms with van der Waals surface area (Å²) in [6.45, 7) is 6.68. The molecule has 0 saturated carbocycles. The van der Waals surface area contributed by atoms with Crippen LogP contribution in [0, 0.1) is 0 Å². The largest absolute Gasteiger partial charge is 0.494 e. The minimum absolute atomic E-state index is 0.0914. The third kappa shape index (κ3) is 5.06. The molecule has 7 nitrogen and oxygen atoms in total. The van der Waals surface area contributed by atoms with Crippen LogP contribution in [-0.2, 0) is 11.2 Å². The van der Waals surface area contributed by atoms with E-state index >= 15 is 0 Å². The highest BCUT2D eigenvalue weighted by molar-refractivity contribution is 5.76. The van der Waals surface area contributed by atoms with Crippen molar-refractivity contribution in [1.82, 2.24) is 15.5 Å². The molecular weight excluding hydrogens is 308 g/mol. The second-order valence-electron chi connectivity index (χ2n) is 6.11. The van der Waals surface area contributed by atoms with Gasteiger partial charge in [-0.3, -0.25) is 4.79 Å². The number of carbonyl (C=O) groups excluding carboxylic acids is 1. The standard InChI is InChI=1S/C17H24N4O3/c1-4-23-13-7-5-12(6-8-13)16-19-15(24-21-16)10-9-14(22)20-17(2,3)11-18/h5-8H,4,9-11,18H2,1-3H3,(H,20,22). The Morgan fingerprint density at radius 2 is 2.04 bits per heavy atom. The van der Waals surface area contributed by atoms with Gasteiger partial charge in [0.05, 0.1) is 6.61 Å². The molecule has 1 aromatic heterocycles. The number of nitrogens with zero attached hydrogens (tertiary/aromatic N) is 2. The van der Waals surface area contributed by atoms with E-state index in [2.05, 4.69) is 15.5 Å². The number of nitrogens with one attached hydrogen (secondary N) is 1. The summed E-state index contributed by atoms with van der Waals surface area (Å²) in [5.74, 6) is 1.63. The fraction of sp³-hybridized carbons (Fsp3) is 0.471. The van der Waals surface area contributed by atoms with Gasteiger partial charge in [0.15, 0.2) is 0 Å². The summed E-state index contributed by atoms with van der Waals surface area (Å²) in [6.07, 6.45) is 0.658. The molecule has 1 amide bonds. The van der Waals surface area contributed by atoms with Gasteiger partial charge in [0.25, 0.3) is 0 Å². The molecule has 0 aliphatic carbocycles. The van der Waals surface area contributed by atoms with Crippen molar-refractivity contribution in [2.24, 2.45) is 5.73 Å². The molecule has 0 unspecified atom stereocenters. The van der Waals surface area contributed by atoms with Crippen molar-refractivity contribution >= 4 is 5.91 Å². The number of aromatic nitrogens is 2. The van der Waals surface area contributed by atoms with Crippen LogP contribution in [0.25, 0.3) is 11.4 Å². The first-order valence-electron chi connectivity index (χ1n) is 8.00. The van der Waals surface area contributed by atoms with Crippen LogP contribution in [0.15, 0.2) is 28.8 Å². The molecule has 3 N–H and O–H groups in total. The minimum atomic E-state index is -0.417. The molecule has 0 aliphatic heterocycles. The van der Waals surface area contributed by atoms with Crippen molar-refractivity contribution in [3.63, 3.8) is 0 Å². The van der Waals surface area contributed by atoms with Crippen LogP contribution in [0.5, 0.6) is 5.75 Å². The molecule has 2 aromatic rings. The minimum Gasteiger partial charge on any atom is -0.494 e. The average molecular weight is 332 g/mol. The van der Waals surface area contributed by atoms with Gasteiger partial charge in [-0.05, 0) is 45.0 Å². The van der Waals surface area contributed by atoms with E-state index in [1.807, 2.05) is 45.0 Å². The maximum absolute atomic E-state index is 11.9. The third-order valence-electron chi connectivity index (χ3n) is 3.45. The number of ether oxygens (including phenoxy) is 1. The summed E-state index contributed by atoms with van der Waals surface area (Å²) in [6, 6.07) is 7.46. The van der Waals surface area contributed by atoms with Gasteiger partial charge in [-0.25, -0.2) is 0 Å². The summed E-state index contributed by atoms with van der Waals surface area (Å²) in [7, 11) is 0. The number of amides is 1. The zero-order valence-corrected chi connectivity index (χ0v) is 14.3. The summed E-state index contributed by atoms with van der Waals surface area (Å²) in [4.78, 5) is 16.2. The smallest absolute Gasteiger partial charge is 0.227 e.